The van der Waals surface area contributed by atoms with Crippen molar-refractivity contribution < 1.29 is 14.3 Å². The van der Waals surface area contributed by atoms with E-state index in [0.717, 1.165) is 19.3 Å². The van der Waals surface area contributed by atoms with Gasteiger partial charge in [-0.2, -0.15) is 0 Å². The van der Waals surface area contributed by atoms with Crippen LogP contribution in [0.3, 0.4) is 0 Å². The Labute approximate surface area is 105 Å². The first-order valence-electron chi connectivity index (χ1n) is 5.85. The van der Waals surface area contributed by atoms with Gasteiger partial charge in [-0.15, -0.1) is 0 Å². The van der Waals surface area contributed by atoms with Crippen LogP contribution in [0.5, 0.6) is 0 Å². The second kappa shape index (κ2) is 4.99. The Balaban J connectivity index is 2.39. The molecule has 1 atom stereocenters. The highest BCUT2D eigenvalue weighted by molar-refractivity contribution is 5.80. The SMILES string of the molecule is CC(C(=O)O)(c1cncc(F)c1)N1CCNCC1. The molecule has 5 nitrogen and oxygen atoms in total. The average Bonchev–Trinajstić information content (AvgIpc) is 2.38. The zero-order valence-corrected chi connectivity index (χ0v) is 10.2. The Morgan fingerprint density at radius 3 is 2.72 bits per heavy atom. The molecule has 1 unspecified atom stereocenters. The van der Waals surface area contributed by atoms with Crippen molar-refractivity contribution in [2.24, 2.45) is 0 Å². The van der Waals surface area contributed by atoms with Gasteiger partial charge in [0.1, 0.15) is 11.4 Å². The fourth-order valence-electron chi connectivity index (χ4n) is 2.23. The summed E-state index contributed by atoms with van der Waals surface area (Å²) >= 11 is 0. The normalized spacial score (nSPS) is 20.3. The number of nitrogens with zero attached hydrogens (tertiary/aromatic N) is 2. The molecule has 0 bridgehead atoms. The van der Waals surface area contributed by atoms with Crippen LogP contribution in [0, 0.1) is 5.82 Å². The first kappa shape index (κ1) is 12.9. The molecular weight excluding hydrogens is 237 g/mol. The van der Waals surface area contributed by atoms with E-state index < -0.39 is 17.3 Å². The van der Waals surface area contributed by atoms with Gasteiger partial charge in [-0.1, -0.05) is 0 Å². The second-order valence-corrected chi connectivity index (χ2v) is 4.51. The number of carboxylic acids is 1. The molecule has 1 aromatic rings. The molecule has 18 heavy (non-hydrogen) atoms. The number of carboxylic acid groups (broad SMARTS) is 1. The van der Waals surface area contributed by atoms with Crippen molar-refractivity contribution in [1.82, 2.24) is 15.2 Å². The van der Waals surface area contributed by atoms with Crippen LogP contribution in [0.1, 0.15) is 12.5 Å². The van der Waals surface area contributed by atoms with Gasteiger partial charge in [0.05, 0.1) is 6.20 Å². The van der Waals surface area contributed by atoms with E-state index in [1.165, 1.54) is 12.3 Å². The summed E-state index contributed by atoms with van der Waals surface area (Å²) < 4.78 is 13.2. The zero-order valence-electron chi connectivity index (χ0n) is 10.2. The van der Waals surface area contributed by atoms with Crippen LogP contribution in [-0.4, -0.2) is 47.1 Å². The molecule has 1 fully saturated rings. The van der Waals surface area contributed by atoms with Crippen LogP contribution in [0.2, 0.25) is 0 Å². The second-order valence-electron chi connectivity index (χ2n) is 4.51. The predicted molar refractivity (Wildman–Crippen MR) is 63.6 cm³/mol. The van der Waals surface area contributed by atoms with Gasteiger partial charge in [0, 0.05) is 37.9 Å². The van der Waals surface area contributed by atoms with Crippen molar-refractivity contribution in [2.45, 2.75) is 12.5 Å². The third-order valence-corrected chi connectivity index (χ3v) is 3.43. The molecule has 0 radical (unpaired) electrons. The molecule has 0 amide bonds. The lowest BCUT2D eigenvalue weighted by Crippen LogP contribution is -2.56. The number of carbonyl (C=O) groups is 1. The van der Waals surface area contributed by atoms with E-state index in [9.17, 15) is 14.3 Å². The number of piperazine rings is 1. The average molecular weight is 253 g/mol. The minimum absolute atomic E-state index is 0.372. The number of aliphatic carboxylic acids is 1. The van der Waals surface area contributed by atoms with E-state index in [1.54, 1.807) is 6.92 Å². The summed E-state index contributed by atoms with van der Waals surface area (Å²) in [7, 11) is 0. The number of pyridine rings is 1. The van der Waals surface area contributed by atoms with Crippen LogP contribution in [-0.2, 0) is 10.3 Å². The first-order chi connectivity index (χ1) is 8.55. The van der Waals surface area contributed by atoms with Gasteiger partial charge in [0.25, 0.3) is 0 Å². The predicted octanol–water partition coefficient (Wildman–Crippen LogP) is 0.426. The lowest BCUT2D eigenvalue weighted by Gasteiger charge is -2.40. The summed E-state index contributed by atoms with van der Waals surface area (Å²) in [5.74, 6) is -1.51. The van der Waals surface area contributed by atoms with Gasteiger partial charge in [0.15, 0.2) is 0 Å². The minimum atomic E-state index is -1.24. The Morgan fingerprint density at radius 1 is 1.50 bits per heavy atom. The van der Waals surface area contributed by atoms with Gasteiger partial charge in [-0.25, -0.2) is 9.18 Å². The fourth-order valence-corrected chi connectivity index (χ4v) is 2.23. The van der Waals surface area contributed by atoms with E-state index in [4.69, 9.17) is 0 Å². The Hall–Kier alpha value is -1.53. The zero-order chi connectivity index (χ0) is 13.2. The van der Waals surface area contributed by atoms with Crippen LogP contribution in [0.25, 0.3) is 0 Å². The molecule has 1 aliphatic heterocycles. The standard InChI is InChI=1S/C12H16FN3O2/c1-12(11(17)18,16-4-2-14-3-5-16)9-6-10(13)8-15-7-9/h6-8,14H,2-5H2,1H3,(H,17,18). The van der Waals surface area contributed by atoms with Crippen LogP contribution in [0.4, 0.5) is 4.39 Å². The molecule has 0 saturated carbocycles. The van der Waals surface area contributed by atoms with E-state index >= 15 is 0 Å². The Morgan fingerprint density at radius 2 is 2.17 bits per heavy atom. The number of hydrogen-bond acceptors (Lipinski definition) is 4. The molecule has 0 aliphatic carbocycles. The number of nitrogens with one attached hydrogen (secondary N) is 1. The van der Waals surface area contributed by atoms with Gasteiger partial charge < -0.3 is 10.4 Å². The molecule has 1 aliphatic rings. The van der Waals surface area contributed by atoms with Gasteiger partial charge in [-0.05, 0) is 13.0 Å². The molecule has 6 heteroatoms. The van der Waals surface area contributed by atoms with Crippen molar-refractivity contribution in [1.29, 1.82) is 0 Å². The summed E-state index contributed by atoms with van der Waals surface area (Å²) in [6.07, 6.45) is 2.49. The summed E-state index contributed by atoms with van der Waals surface area (Å²) in [4.78, 5) is 17.2. The van der Waals surface area contributed by atoms with E-state index in [1.807, 2.05) is 4.90 Å². The highest BCUT2D eigenvalue weighted by Crippen LogP contribution is 2.28. The van der Waals surface area contributed by atoms with Crippen molar-refractivity contribution in [3.05, 3.63) is 29.8 Å². The van der Waals surface area contributed by atoms with Crippen LogP contribution < -0.4 is 5.32 Å². The monoisotopic (exact) mass is 253 g/mol. The maximum absolute atomic E-state index is 13.2. The molecule has 2 rings (SSSR count). The van der Waals surface area contributed by atoms with Gasteiger partial charge in [-0.3, -0.25) is 9.88 Å². The number of halogens is 1. The van der Waals surface area contributed by atoms with Crippen LogP contribution in [0.15, 0.2) is 18.5 Å². The molecule has 98 valence electrons. The quantitative estimate of drug-likeness (QED) is 0.817. The molecule has 2 heterocycles. The smallest absolute Gasteiger partial charge is 0.328 e. The largest absolute Gasteiger partial charge is 0.480 e. The molecule has 1 saturated heterocycles. The Bertz CT molecular complexity index is 449. The maximum atomic E-state index is 13.2. The highest BCUT2D eigenvalue weighted by atomic mass is 19.1. The summed E-state index contributed by atoms with van der Waals surface area (Å²) in [6.45, 7) is 4.27. The molecular formula is C12H16FN3O2. The van der Waals surface area contributed by atoms with Crippen molar-refractivity contribution in [2.75, 3.05) is 26.2 Å². The minimum Gasteiger partial charge on any atom is -0.480 e. The van der Waals surface area contributed by atoms with E-state index in [2.05, 4.69) is 10.3 Å². The first-order valence-corrected chi connectivity index (χ1v) is 5.85. The summed E-state index contributed by atoms with van der Waals surface area (Å²) in [5.41, 5.74) is -0.867. The molecule has 1 aromatic heterocycles. The highest BCUT2D eigenvalue weighted by Gasteiger charge is 2.42. The fraction of sp³-hybridized carbons (Fsp3) is 0.500. The van der Waals surface area contributed by atoms with Gasteiger partial charge >= 0.3 is 5.97 Å². The van der Waals surface area contributed by atoms with Gasteiger partial charge in [0.2, 0.25) is 0 Å². The summed E-state index contributed by atoms with van der Waals surface area (Å²) in [5, 5.41) is 12.7. The number of rotatable bonds is 3. The maximum Gasteiger partial charge on any atom is 0.328 e. The van der Waals surface area contributed by atoms with Crippen molar-refractivity contribution >= 4 is 5.97 Å². The third-order valence-electron chi connectivity index (χ3n) is 3.43. The number of aromatic nitrogens is 1. The lowest BCUT2D eigenvalue weighted by molar-refractivity contribution is -0.151. The molecule has 2 N–H and O–H groups in total. The lowest BCUT2D eigenvalue weighted by atomic mass is 9.90. The van der Waals surface area contributed by atoms with Crippen molar-refractivity contribution in [3.8, 4) is 0 Å². The molecule has 0 aromatic carbocycles. The van der Waals surface area contributed by atoms with E-state index in [0.29, 0.717) is 18.7 Å². The third kappa shape index (κ3) is 2.21. The van der Waals surface area contributed by atoms with E-state index in [-0.39, 0.29) is 0 Å². The number of hydrogen-bond donors (Lipinski definition) is 2. The topological polar surface area (TPSA) is 65.5 Å². The molecule has 0 spiro atoms. The Kier molecular flexibility index (Phi) is 3.58. The summed E-state index contributed by atoms with van der Waals surface area (Å²) in [6, 6.07) is 1.24. The van der Waals surface area contributed by atoms with Crippen LogP contribution >= 0.6 is 0 Å². The van der Waals surface area contributed by atoms with Crippen molar-refractivity contribution in [3.63, 3.8) is 0 Å².